The summed E-state index contributed by atoms with van der Waals surface area (Å²) in [7, 11) is -6.45. The van der Waals surface area contributed by atoms with Crippen LogP contribution in [0.3, 0.4) is 0 Å². The zero-order chi connectivity index (χ0) is 55.2. The van der Waals surface area contributed by atoms with Gasteiger partial charge in [-0.05, 0) is 83.9 Å². The number of fused-ring (bicyclic) bond motifs is 7. The van der Waals surface area contributed by atoms with Gasteiger partial charge in [0.25, 0.3) is 0 Å². The molecule has 0 aliphatic rings. The Labute approximate surface area is 424 Å². The van der Waals surface area contributed by atoms with E-state index in [9.17, 15) is 11.0 Å². The van der Waals surface area contributed by atoms with Gasteiger partial charge in [-0.15, -0.1) is 0 Å². The van der Waals surface area contributed by atoms with Crippen LogP contribution in [0.2, 0.25) is 0 Å². The molecule has 4 heteroatoms. The minimum atomic E-state index is -3.24. The average Bonchev–Trinajstić information content (AvgIpc) is 4.17. The Bertz CT molecular complexity index is 4390. The normalized spacial score (nSPS) is 14.0. The number of aromatic nitrogens is 2. The lowest BCUT2D eigenvalue weighted by Crippen LogP contribution is -2.74. The first-order valence-corrected chi connectivity index (χ1v) is 27.4. The lowest BCUT2D eigenvalue weighted by atomic mass is 10.1. The Kier molecular flexibility index (Phi) is 7.92. The largest absolute Gasteiger partial charge is 0.309 e. The quantitative estimate of drug-likeness (QED) is 0.0955. The number of hydrogen-bond acceptors (Lipinski definition) is 0. The van der Waals surface area contributed by atoms with E-state index in [1.807, 2.05) is 133 Å². The van der Waals surface area contributed by atoms with Crippen LogP contribution in [0.1, 0.15) is 13.7 Å². The van der Waals surface area contributed by atoms with Gasteiger partial charge in [-0.3, -0.25) is 0 Å². The first kappa shape index (κ1) is 32.2. The molecule has 70 heavy (non-hydrogen) atoms. The van der Waals surface area contributed by atoms with Crippen molar-refractivity contribution in [2.24, 2.45) is 0 Å². The molecule has 0 radical (unpaired) electrons. The van der Waals surface area contributed by atoms with Crippen molar-refractivity contribution in [1.29, 1.82) is 0 Å². The molecular weight excluding hydrogens is 877 g/mol. The predicted molar refractivity (Wildman–Crippen MR) is 302 cm³/mol. The Morgan fingerprint density at radius 3 is 1.03 bits per heavy atom. The summed E-state index contributed by atoms with van der Waals surface area (Å²) in [6, 6.07) is 74.4. The van der Waals surface area contributed by atoms with Crippen molar-refractivity contribution in [2.75, 3.05) is 0 Å². The second kappa shape index (κ2) is 17.2. The Hall–Kier alpha value is -8.55. The molecule has 2 heterocycles. The first-order valence-electron chi connectivity index (χ1n) is 28.4. The van der Waals surface area contributed by atoms with Crippen molar-refractivity contribution in [2.45, 2.75) is 0 Å². The van der Waals surface area contributed by atoms with Gasteiger partial charge in [-0.2, -0.15) is 0 Å². The van der Waals surface area contributed by atoms with E-state index in [2.05, 4.69) is 97.1 Å². The molecule has 0 fully saturated rings. The molecule has 0 atom stereocenters. The van der Waals surface area contributed by atoms with Crippen LogP contribution in [0.5, 0.6) is 0 Å². The summed E-state index contributed by atoms with van der Waals surface area (Å²) in [4.78, 5) is 0. The van der Waals surface area contributed by atoms with Gasteiger partial charge in [0, 0.05) is 32.9 Å². The molecule has 2 aromatic heterocycles. The molecule has 13 rings (SSSR count). The fourth-order valence-corrected chi connectivity index (χ4v) is 20.8. The topological polar surface area (TPSA) is 9.86 Å². The van der Waals surface area contributed by atoms with Crippen LogP contribution in [0.25, 0.3) is 55.0 Å². The third-order valence-corrected chi connectivity index (χ3v) is 23.6. The van der Waals surface area contributed by atoms with Crippen molar-refractivity contribution in [1.82, 2.24) is 9.13 Å². The first-order chi connectivity index (χ1) is 38.9. The van der Waals surface area contributed by atoms with Gasteiger partial charge in [0.15, 0.2) is 16.1 Å². The highest BCUT2D eigenvalue weighted by Crippen LogP contribution is 2.42. The third-order valence-electron chi connectivity index (χ3n) is 14.1. The highest BCUT2D eigenvalue weighted by atomic mass is 28.3. The van der Waals surface area contributed by atoms with Gasteiger partial charge in [0.1, 0.15) is 0 Å². The summed E-state index contributed by atoms with van der Waals surface area (Å²) in [6.45, 7) is 0. The number of para-hydroxylation sites is 2. The van der Waals surface area contributed by atoms with Crippen molar-refractivity contribution in [3.05, 3.63) is 291 Å². The zero-order valence-corrected chi connectivity index (χ0v) is 39.8. The Balaban J connectivity index is 1.21. The molecule has 0 unspecified atom stereocenters. The fraction of sp³-hybridized carbons (Fsp3) is 0. The fourth-order valence-electron chi connectivity index (χ4n) is 11.2. The molecule has 0 N–H and O–H groups in total. The van der Waals surface area contributed by atoms with Crippen molar-refractivity contribution < 1.29 is 13.7 Å². The van der Waals surface area contributed by atoms with E-state index in [1.54, 1.807) is 9.13 Å². The minimum Gasteiger partial charge on any atom is -0.309 e. The maximum Gasteiger partial charge on any atom is 0.179 e. The highest BCUT2D eigenvalue weighted by molar-refractivity contribution is 7.20. The molecule has 0 aliphatic heterocycles. The number of rotatable bonds is 10. The summed E-state index contributed by atoms with van der Waals surface area (Å²) < 4.78 is 99.7. The highest BCUT2D eigenvalue weighted by Gasteiger charge is 2.43. The molecular formula is C66H48N2Si2. The van der Waals surface area contributed by atoms with Crippen LogP contribution >= 0.6 is 0 Å². The van der Waals surface area contributed by atoms with Gasteiger partial charge >= 0.3 is 0 Å². The minimum absolute atomic E-state index is 0.0302. The van der Waals surface area contributed by atoms with Crippen LogP contribution in [0, 0.1) is 0 Å². The molecule has 0 saturated heterocycles. The average molecular weight is 935 g/mol. The molecule has 0 amide bonds. The maximum atomic E-state index is 10.2. The summed E-state index contributed by atoms with van der Waals surface area (Å²) >= 11 is 0. The van der Waals surface area contributed by atoms with E-state index in [4.69, 9.17) is 2.74 Å². The maximum absolute atomic E-state index is 10.2. The van der Waals surface area contributed by atoms with E-state index >= 15 is 0 Å². The lowest BCUT2D eigenvalue weighted by Gasteiger charge is -2.34. The zero-order valence-electron chi connectivity index (χ0n) is 47.8. The summed E-state index contributed by atoms with van der Waals surface area (Å²) in [5, 5.41) is 8.96. The van der Waals surface area contributed by atoms with Crippen molar-refractivity contribution in [3.63, 3.8) is 0 Å². The van der Waals surface area contributed by atoms with Gasteiger partial charge < -0.3 is 9.13 Å². The van der Waals surface area contributed by atoms with Gasteiger partial charge in [0.05, 0.1) is 35.8 Å². The van der Waals surface area contributed by atoms with Crippen molar-refractivity contribution >= 4 is 101 Å². The van der Waals surface area contributed by atoms with Crippen LogP contribution in [0.4, 0.5) is 0 Å². The van der Waals surface area contributed by atoms with Gasteiger partial charge in [0.2, 0.25) is 0 Å². The summed E-state index contributed by atoms with van der Waals surface area (Å²) in [5.74, 6) is 0. The van der Waals surface area contributed by atoms with Crippen LogP contribution in [-0.2, 0) is 0 Å². The van der Waals surface area contributed by atoms with Crippen LogP contribution in [-0.4, -0.2) is 25.3 Å². The van der Waals surface area contributed by atoms with Crippen LogP contribution < -0.4 is 41.5 Å². The SMILES string of the molecule is [2H]c1c([2H])c([2H])c2c(c1[2H])c1c(c([2H])c([2H])c3c4c([2H])c([2H])c([2H])c([2H])c4n(-c4cccc([Si](c5ccccc5)(c5ccccc5)c5ccccc5)c4)c31)n2-c1cccc([Si](c2ccccc2)(c2ccccc2)c2ccccc2)c1. The Morgan fingerprint density at radius 1 is 0.271 bits per heavy atom. The Morgan fingerprint density at radius 2 is 0.614 bits per heavy atom. The number of nitrogens with zero attached hydrogens (tertiary/aromatic N) is 2. The molecule has 0 aliphatic carbocycles. The molecule has 0 saturated carbocycles. The summed E-state index contributed by atoms with van der Waals surface area (Å²) in [6.07, 6.45) is 0. The van der Waals surface area contributed by atoms with E-state index < -0.39 is 46.4 Å². The molecule has 11 aromatic carbocycles. The van der Waals surface area contributed by atoms with Gasteiger partial charge in [-0.25, -0.2) is 0 Å². The molecule has 330 valence electrons. The van der Waals surface area contributed by atoms with E-state index in [0.29, 0.717) is 11.4 Å². The van der Waals surface area contributed by atoms with E-state index in [-0.39, 0.29) is 73.8 Å². The molecule has 13 aromatic rings. The van der Waals surface area contributed by atoms with E-state index in [1.165, 1.54) is 0 Å². The molecule has 2 nitrogen and oxygen atoms in total. The van der Waals surface area contributed by atoms with Crippen LogP contribution in [0.15, 0.2) is 291 Å². The van der Waals surface area contributed by atoms with E-state index in [0.717, 1.165) is 41.5 Å². The second-order valence-corrected chi connectivity index (χ2v) is 25.2. The number of hydrogen-bond donors (Lipinski definition) is 0. The lowest BCUT2D eigenvalue weighted by molar-refractivity contribution is 1.18. The summed E-state index contributed by atoms with van der Waals surface area (Å²) in [5.41, 5.74) is 1.51. The monoisotopic (exact) mass is 934 g/mol. The van der Waals surface area contributed by atoms with Crippen molar-refractivity contribution in [3.8, 4) is 11.4 Å². The van der Waals surface area contributed by atoms with Gasteiger partial charge in [-0.1, -0.05) is 249 Å². The standard InChI is InChI=1S/C66H48N2Si2/c1-7-27-51(28-8-1)69(52-29-9-2-10-30-52,53-31-11-3-12-32-53)57-39-23-25-49(47-57)67-63-44-22-20-42-61(63)65-64(67)46-45-60-59-41-19-21-43-62(59)68(66(60)65)50-26-24-40-58(48-50)70(54-33-13-4-14-34-54,55-35-15-5-16-36-55)56-37-17-6-18-38-56/h1-48H/i19D,20D,21D,22D,41D,42D,43D,44D,45D,46D. The number of benzene rings is 11. The smallest absolute Gasteiger partial charge is 0.179 e. The third kappa shape index (κ3) is 6.38. The second-order valence-electron chi connectivity index (χ2n) is 17.6. The predicted octanol–water partition coefficient (Wildman–Crippen LogP) is 10.6. The molecule has 0 spiro atoms. The molecule has 0 bridgehead atoms.